The van der Waals surface area contributed by atoms with E-state index in [0.29, 0.717) is 23.0 Å². The second-order valence-corrected chi connectivity index (χ2v) is 6.15. The van der Waals surface area contributed by atoms with E-state index in [9.17, 15) is 9.90 Å². The van der Waals surface area contributed by atoms with E-state index in [2.05, 4.69) is 0 Å². The van der Waals surface area contributed by atoms with Crippen LogP contribution in [0.5, 0.6) is 0 Å². The van der Waals surface area contributed by atoms with Gasteiger partial charge < -0.3 is 10.0 Å². The fourth-order valence-corrected chi connectivity index (χ4v) is 3.35. The third-order valence-electron chi connectivity index (χ3n) is 3.06. The van der Waals surface area contributed by atoms with Crippen LogP contribution in [0.4, 0.5) is 0 Å². The van der Waals surface area contributed by atoms with Crippen molar-refractivity contribution in [3.05, 3.63) is 20.8 Å². The monoisotopic (exact) mass is 273 g/mol. The Morgan fingerprint density at radius 3 is 2.88 bits per heavy atom. The molecule has 94 valence electrons. The summed E-state index contributed by atoms with van der Waals surface area (Å²) >= 11 is 7.47. The maximum atomic E-state index is 12.3. The molecule has 0 saturated carbocycles. The van der Waals surface area contributed by atoms with Gasteiger partial charge in [-0.25, -0.2) is 0 Å². The molecular formula is C12H16ClNO2S. The lowest BCUT2D eigenvalue weighted by atomic mass is 9.95. The number of carbonyl (C=O) groups is 1. The number of piperidine rings is 1. The maximum Gasteiger partial charge on any atom is 0.265 e. The lowest BCUT2D eigenvalue weighted by molar-refractivity contribution is -0.0105. The van der Waals surface area contributed by atoms with Crippen LogP contribution in [0.1, 0.15) is 35.0 Å². The van der Waals surface area contributed by atoms with Crippen LogP contribution in [0.2, 0.25) is 5.02 Å². The van der Waals surface area contributed by atoms with E-state index in [4.69, 9.17) is 11.6 Å². The molecular weight excluding hydrogens is 258 g/mol. The van der Waals surface area contributed by atoms with Gasteiger partial charge in [0.15, 0.2) is 0 Å². The third kappa shape index (κ3) is 2.64. The Balaban J connectivity index is 2.18. The number of carbonyl (C=O) groups excluding carboxylic acids is 1. The molecule has 2 heterocycles. The predicted octanol–water partition coefficient (Wildman–Crippen LogP) is 2.70. The zero-order valence-corrected chi connectivity index (χ0v) is 11.6. The number of halogens is 1. The number of nitrogens with zero attached hydrogens (tertiary/aromatic N) is 1. The first-order valence-corrected chi connectivity index (χ1v) is 6.92. The van der Waals surface area contributed by atoms with Gasteiger partial charge in [-0.3, -0.25) is 4.79 Å². The summed E-state index contributed by atoms with van der Waals surface area (Å²) < 4.78 is 0. The summed E-state index contributed by atoms with van der Waals surface area (Å²) in [6.45, 7) is 4.75. The maximum absolute atomic E-state index is 12.3. The van der Waals surface area contributed by atoms with Crippen molar-refractivity contribution >= 4 is 28.8 Å². The van der Waals surface area contributed by atoms with E-state index in [1.165, 1.54) is 11.3 Å². The number of thiophene rings is 1. The normalized spacial score (nSPS) is 25.1. The Hall–Kier alpha value is -0.580. The number of hydrogen-bond acceptors (Lipinski definition) is 3. The number of β-amino-alcohol motifs (C(OH)–C–C–N with tert-alkyl or cyclic N) is 1. The summed E-state index contributed by atoms with van der Waals surface area (Å²) in [5, 5.41) is 12.4. The molecule has 5 heteroatoms. The predicted molar refractivity (Wildman–Crippen MR) is 69.8 cm³/mol. The Kier molecular flexibility index (Phi) is 3.48. The highest BCUT2D eigenvalue weighted by Gasteiger charge is 2.32. The van der Waals surface area contributed by atoms with Crippen LogP contribution >= 0.6 is 22.9 Å². The van der Waals surface area contributed by atoms with Gasteiger partial charge in [0.25, 0.3) is 5.91 Å². The van der Waals surface area contributed by atoms with Crippen LogP contribution in [0.3, 0.4) is 0 Å². The molecule has 0 bridgehead atoms. The molecule has 1 amide bonds. The van der Waals surface area contributed by atoms with Gasteiger partial charge in [-0.05, 0) is 37.6 Å². The van der Waals surface area contributed by atoms with Gasteiger partial charge in [-0.2, -0.15) is 0 Å². The van der Waals surface area contributed by atoms with Crippen molar-refractivity contribution < 1.29 is 9.90 Å². The van der Waals surface area contributed by atoms with Gasteiger partial charge in [-0.15, -0.1) is 11.3 Å². The number of rotatable bonds is 1. The van der Waals surface area contributed by atoms with Crippen molar-refractivity contribution in [2.75, 3.05) is 13.1 Å². The van der Waals surface area contributed by atoms with Crippen LogP contribution in [0, 0.1) is 6.92 Å². The van der Waals surface area contributed by atoms with Crippen molar-refractivity contribution in [3.8, 4) is 0 Å². The minimum atomic E-state index is -0.771. The van der Waals surface area contributed by atoms with Crippen molar-refractivity contribution in [1.82, 2.24) is 4.90 Å². The fraction of sp³-hybridized carbons (Fsp3) is 0.583. The van der Waals surface area contributed by atoms with Crippen molar-refractivity contribution in [2.45, 2.75) is 32.3 Å². The van der Waals surface area contributed by atoms with Crippen LogP contribution in [0.15, 0.2) is 5.38 Å². The highest BCUT2D eigenvalue weighted by molar-refractivity contribution is 7.13. The van der Waals surface area contributed by atoms with Crippen LogP contribution < -0.4 is 0 Å². The highest BCUT2D eigenvalue weighted by atomic mass is 35.5. The van der Waals surface area contributed by atoms with Crippen molar-refractivity contribution in [2.24, 2.45) is 0 Å². The molecule has 1 saturated heterocycles. The summed E-state index contributed by atoms with van der Waals surface area (Å²) in [5.41, 5.74) is 0.163. The van der Waals surface area contributed by atoms with E-state index < -0.39 is 5.60 Å². The number of amides is 1. The third-order valence-corrected chi connectivity index (χ3v) is 4.74. The van der Waals surface area contributed by atoms with Crippen molar-refractivity contribution in [1.29, 1.82) is 0 Å². The van der Waals surface area contributed by atoms with E-state index in [0.717, 1.165) is 18.4 Å². The van der Waals surface area contributed by atoms with Gasteiger partial charge in [0.2, 0.25) is 0 Å². The first kappa shape index (κ1) is 12.9. The molecule has 1 aliphatic heterocycles. The summed E-state index contributed by atoms with van der Waals surface area (Å²) in [5.74, 6) is -0.0620. The molecule has 0 aliphatic carbocycles. The van der Waals surface area contributed by atoms with Crippen LogP contribution in [-0.2, 0) is 0 Å². The lowest BCUT2D eigenvalue weighted by Crippen LogP contribution is -2.48. The largest absolute Gasteiger partial charge is 0.388 e. The molecule has 2 rings (SSSR count). The molecule has 1 aliphatic rings. The van der Waals surface area contributed by atoms with E-state index >= 15 is 0 Å². The van der Waals surface area contributed by atoms with Crippen LogP contribution in [0.25, 0.3) is 0 Å². The second kappa shape index (κ2) is 4.59. The topological polar surface area (TPSA) is 40.5 Å². The smallest absolute Gasteiger partial charge is 0.265 e. The van der Waals surface area contributed by atoms with Gasteiger partial charge in [0.1, 0.15) is 4.88 Å². The lowest BCUT2D eigenvalue weighted by Gasteiger charge is -2.36. The molecule has 3 nitrogen and oxygen atoms in total. The molecule has 1 atom stereocenters. The molecule has 1 unspecified atom stereocenters. The Morgan fingerprint density at radius 2 is 2.35 bits per heavy atom. The molecule has 0 radical (unpaired) electrons. The quantitative estimate of drug-likeness (QED) is 0.855. The molecule has 17 heavy (non-hydrogen) atoms. The van der Waals surface area contributed by atoms with E-state index in [1.54, 1.807) is 11.8 Å². The molecule has 0 aromatic carbocycles. The molecule has 0 spiro atoms. The minimum absolute atomic E-state index is 0.0620. The number of aryl methyl sites for hydroxylation is 1. The van der Waals surface area contributed by atoms with Gasteiger partial charge >= 0.3 is 0 Å². The summed E-state index contributed by atoms with van der Waals surface area (Å²) in [4.78, 5) is 14.5. The number of likely N-dealkylation sites (tertiary alicyclic amines) is 1. The van der Waals surface area contributed by atoms with Gasteiger partial charge in [-0.1, -0.05) is 11.6 Å². The molecule has 1 aromatic heterocycles. The Labute approximate surface area is 110 Å². The number of hydrogen-bond donors (Lipinski definition) is 1. The van der Waals surface area contributed by atoms with E-state index in [-0.39, 0.29) is 5.91 Å². The highest BCUT2D eigenvalue weighted by Crippen LogP contribution is 2.30. The fourth-order valence-electron chi connectivity index (χ4n) is 2.11. The number of aliphatic hydroxyl groups is 1. The SMILES string of the molecule is Cc1csc(C(=O)N2CCCC(C)(O)C2)c1Cl. The van der Waals surface area contributed by atoms with E-state index in [1.807, 2.05) is 12.3 Å². The summed E-state index contributed by atoms with van der Waals surface area (Å²) in [6, 6.07) is 0. The van der Waals surface area contributed by atoms with Crippen molar-refractivity contribution in [3.63, 3.8) is 0 Å². The second-order valence-electron chi connectivity index (χ2n) is 4.89. The standard InChI is InChI=1S/C12H16ClNO2S/c1-8-6-17-10(9(8)13)11(15)14-5-3-4-12(2,16)7-14/h6,16H,3-5,7H2,1-2H3. The van der Waals surface area contributed by atoms with Crippen LogP contribution in [-0.4, -0.2) is 34.6 Å². The molecule has 1 fully saturated rings. The average Bonchev–Trinajstić information content (AvgIpc) is 2.57. The van der Waals surface area contributed by atoms with Gasteiger partial charge in [0, 0.05) is 13.1 Å². The van der Waals surface area contributed by atoms with Gasteiger partial charge in [0.05, 0.1) is 10.6 Å². The first-order chi connectivity index (χ1) is 7.91. The molecule has 1 aromatic rings. The minimum Gasteiger partial charge on any atom is -0.388 e. The summed E-state index contributed by atoms with van der Waals surface area (Å²) in [7, 11) is 0. The zero-order chi connectivity index (χ0) is 12.6. The Morgan fingerprint density at radius 1 is 1.65 bits per heavy atom. The first-order valence-electron chi connectivity index (χ1n) is 5.66. The average molecular weight is 274 g/mol. The zero-order valence-electron chi connectivity index (χ0n) is 9.99. The Bertz CT molecular complexity index is 442. The molecule has 1 N–H and O–H groups in total. The summed E-state index contributed by atoms with van der Waals surface area (Å²) in [6.07, 6.45) is 1.58.